The van der Waals surface area contributed by atoms with Crippen LogP contribution in [0.3, 0.4) is 0 Å². The number of carbonyl (C=O) groups excluding carboxylic acids is 2. The van der Waals surface area contributed by atoms with Crippen molar-refractivity contribution in [3.05, 3.63) is 81.3 Å². The minimum Gasteiger partial charge on any atom is -0.462 e. The zero-order valence-corrected chi connectivity index (χ0v) is 22.5. The summed E-state index contributed by atoms with van der Waals surface area (Å²) in [5.41, 5.74) is 2.19. The molecule has 1 amide bonds. The lowest BCUT2D eigenvalue weighted by Crippen LogP contribution is -2.51. The van der Waals surface area contributed by atoms with Gasteiger partial charge in [-0.1, -0.05) is 24.3 Å². The van der Waals surface area contributed by atoms with E-state index in [9.17, 15) is 14.4 Å². The van der Waals surface area contributed by atoms with Crippen LogP contribution in [-0.4, -0.2) is 33.9 Å². The standard InChI is InChI=1S/C31H35N3O5/c1-3-38-30(37)23-8-6-9-24(14-23)32-28(35)27-25(33-34(29(27)36)26-10-5-4-7-19(26)2)18-39-31-15-20-11-21(16-31)13-22(12-20)17-31/h4-10,14,20-22,33H,3,11-13,15-18H2,1-2H3,(H,32,35). The van der Waals surface area contributed by atoms with E-state index >= 15 is 0 Å². The van der Waals surface area contributed by atoms with E-state index in [4.69, 9.17) is 9.47 Å². The molecule has 2 aromatic carbocycles. The molecule has 4 bridgehead atoms. The van der Waals surface area contributed by atoms with Gasteiger partial charge >= 0.3 is 5.97 Å². The first-order valence-electron chi connectivity index (χ1n) is 14.0. The number of aryl methyl sites for hydroxylation is 1. The van der Waals surface area contributed by atoms with Gasteiger partial charge in [-0.3, -0.25) is 14.7 Å². The van der Waals surface area contributed by atoms with Crippen LogP contribution in [-0.2, 0) is 16.1 Å². The van der Waals surface area contributed by atoms with Gasteiger partial charge in [0.15, 0.2) is 0 Å². The highest BCUT2D eigenvalue weighted by molar-refractivity contribution is 6.05. The van der Waals surface area contributed by atoms with Crippen molar-refractivity contribution in [3.8, 4) is 5.69 Å². The van der Waals surface area contributed by atoms with E-state index in [1.54, 1.807) is 31.2 Å². The van der Waals surface area contributed by atoms with Crippen LogP contribution in [0.2, 0.25) is 0 Å². The van der Waals surface area contributed by atoms with Gasteiger partial charge in [-0.25, -0.2) is 9.48 Å². The number of rotatable bonds is 8. The number of nitrogens with zero attached hydrogens (tertiary/aromatic N) is 1. The Hall–Kier alpha value is -3.65. The van der Waals surface area contributed by atoms with Crippen molar-refractivity contribution in [2.75, 3.05) is 11.9 Å². The Morgan fingerprint density at radius 3 is 2.38 bits per heavy atom. The average molecular weight is 530 g/mol. The summed E-state index contributed by atoms with van der Waals surface area (Å²) in [6.45, 7) is 4.08. The fraction of sp³-hybridized carbons (Fsp3) is 0.452. The molecule has 39 heavy (non-hydrogen) atoms. The molecule has 0 atom stereocenters. The fourth-order valence-corrected chi connectivity index (χ4v) is 7.37. The van der Waals surface area contributed by atoms with Gasteiger partial charge in [-0.05, 0) is 100.0 Å². The van der Waals surface area contributed by atoms with Crippen LogP contribution in [0.4, 0.5) is 5.69 Å². The molecule has 8 heteroatoms. The van der Waals surface area contributed by atoms with Crippen LogP contribution in [0.25, 0.3) is 5.69 Å². The van der Waals surface area contributed by atoms with Crippen molar-refractivity contribution < 1.29 is 19.1 Å². The summed E-state index contributed by atoms with van der Waals surface area (Å²) >= 11 is 0. The molecular formula is C31H35N3O5. The number of H-pyrrole nitrogens is 1. The highest BCUT2D eigenvalue weighted by Gasteiger charge is 2.51. The number of amides is 1. The summed E-state index contributed by atoms with van der Waals surface area (Å²) < 4.78 is 13.2. The van der Waals surface area contributed by atoms with Crippen LogP contribution in [0.15, 0.2) is 53.3 Å². The van der Waals surface area contributed by atoms with Gasteiger partial charge in [0.1, 0.15) is 5.56 Å². The van der Waals surface area contributed by atoms with E-state index in [1.165, 1.54) is 23.9 Å². The van der Waals surface area contributed by atoms with Crippen LogP contribution >= 0.6 is 0 Å². The molecule has 4 saturated carbocycles. The molecule has 2 N–H and O–H groups in total. The first-order chi connectivity index (χ1) is 18.8. The number of nitrogens with one attached hydrogen (secondary N) is 2. The number of para-hydroxylation sites is 1. The fourth-order valence-electron chi connectivity index (χ4n) is 7.37. The van der Waals surface area contributed by atoms with Crippen molar-refractivity contribution in [2.24, 2.45) is 17.8 Å². The number of esters is 1. The summed E-state index contributed by atoms with van der Waals surface area (Å²) in [4.78, 5) is 39.5. The minimum absolute atomic E-state index is 0.0181. The summed E-state index contributed by atoms with van der Waals surface area (Å²) in [5, 5.41) is 6.01. The number of ether oxygens (including phenoxy) is 2. The zero-order valence-electron chi connectivity index (χ0n) is 22.5. The Bertz CT molecular complexity index is 1430. The van der Waals surface area contributed by atoms with Gasteiger partial charge in [-0.2, -0.15) is 0 Å². The molecule has 3 aromatic rings. The smallest absolute Gasteiger partial charge is 0.338 e. The Morgan fingerprint density at radius 2 is 1.72 bits per heavy atom. The molecule has 0 unspecified atom stereocenters. The predicted octanol–water partition coefficient (Wildman–Crippen LogP) is 5.39. The molecule has 204 valence electrons. The van der Waals surface area contributed by atoms with Gasteiger partial charge in [0.2, 0.25) is 0 Å². The van der Waals surface area contributed by atoms with E-state index in [0.717, 1.165) is 42.6 Å². The molecule has 4 aliphatic carbocycles. The monoisotopic (exact) mass is 529 g/mol. The van der Waals surface area contributed by atoms with Crippen molar-refractivity contribution in [2.45, 2.75) is 64.6 Å². The Morgan fingerprint density at radius 1 is 1.03 bits per heavy atom. The highest BCUT2D eigenvalue weighted by Crippen LogP contribution is 2.57. The molecule has 7 rings (SSSR count). The lowest BCUT2D eigenvalue weighted by Gasteiger charge is -2.56. The van der Waals surface area contributed by atoms with Crippen LogP contribution < -0.4 is 10.9 Å². The quantitative estimate of drug-likeness (QED) is 0.381. The summed E-state index contributed by atoms with van der Waals surface area (Å²) in [6, 6.07) is 14.1. The molecule has 0 saturated heterocycles. The second kappa shape index (κ2) is 10.2. The first kappa shape index (κ1) is 25.6. The van der Waals surface area contributed by atoms with Crippen molar-refractivity contribution in [3.63, 3.8) is 0 Å². The average Bonchev–Trinajstić information content (AvgIpc) is 3.23. The molecule has 1 heterocycles. The summed E-state index contributed by atoms with van der Waals surface area (Å²) in [5.74, 6) is 1.15. The molecular weight excluding hydrogens is 494 g/mol. The molecule has 1 aromatic heterocycles. The van der Waals surface area contributed by atoms with Crippen LogP contribution in [0, 0.1) is 24.7 Å². The number of benzene rings is 2. The molecule has 0 radical (unpaired) electrons. The topological polar surface area (TPSA) is 102 Å². The van der Waals surface area contributed by atoms with E-state index in [1.807, 2.05) is 31.2 Å². The molecule has 0 aliphatic heterocycles. The number of hydrogen-bond acceptors (Lipinski definition) is 5. The molecule has 0 spiro atoms. The lowest BCUT2D eigenvalue weighted by molar-refractivity contribution is -0.169. The first-order valence-corrected chi connectivity index (χ1v) is 14.0. The number of carbonyl (C=O) groups is 2. The molecule has 4 fully saturated rings. The number of anilines is 1. The Labute approximate surface area is 227 Å². The minimum atomic E-state index is -0.547. The highest BCUT2D eigenvalue weighted by atomic mass is 16.5. The maximum Gasteiger partial charge on any atom is 0.338 e. The van der Waals surface area contributed by atoms with E-state index in [-0.39, 0.29) is 24.4 Å². The van der Waals surface area contributed by atoms with Gasteiger partial charge in [0.25, 0.3) is 11.5 Å². The van der Waals surface area contributed by atoms with Gasteiger partial charge in [0.05, 0.1) is 35.8 Å². The second-order valence-corrected chi connectivity index (χ2v) is 11.5. The van der Waals surface area contributed by atoms with Crippen molar-refractivity contribution in [1.29, 1.82) is 0 Å². The van der Waals surface area contributed by atoms with Gasteiger partial charge in [0, 0.05) is 5.69 Å². The summed E-state index contributed by atoms with van der Waals surface area (Å²) in [6.07, 6.45) is 7.10. The van der Waals surface area contributed by atoms with Gasteiger partial charge in [-0.15, -0.1) is 0 Å². The van der Waals surface area contributed by atoms with Gasteiger partial charge < -0.3 is 14.8 Å². The van der Waals surface area contributed by atoms with Crippen LogP contribution in [0.1, 0.15) is 77.4 Å². The van der Waals surface area contributed by atoms with E-state index < -0.39 is 17.4 Å². The predicted molar refractivity (Wildman–Crippen MR) is 147 cm³/mol. The number of hydrogen-bond donors (Lipinski definition) is 2. The normalized spacial score (nSPS) is 25.0. The third-order valence-electron chi connectivity index (χ3n) is 8.69. The third-order valence-corrected chi connectivity index (χ3v) is 8.69. The lowest BCUT2D eigenvalue weighted by atomic mass is 9.54. The van der Waals surface area contributed by atoms with Crippen LogP contribution in [0.5, 0.6) is 0 Å². The zero-order chi connectivity index (χ0) is 27.1. The third kappa shape index (κ3) is 4.93. The largest absolute Gasteiger partial charge is 0.462 e. The van der Waals surface area contributed by atoms with Crippen molar-refractivity contribution in [1.82, 2.24) is 9.78 Å². The Balaban J connectivity index is 1.31. The number of aromatic amines is 1. The van der Waals surface area contributed by atoms with E-state index in [0.29, 0.717) is 22.6 Å². The molecule has 4 aliphatic rings. The Kier molecular flexibility index (Phi) is 6.67. The van der Waals surface area contributed by atoms with Crippen molar-refractivity contribution >= 4 is 17.6 Å². The SMILES string of the molecule is CCOC(=O)c1cccc(NC(=O)c2c(COC34CC5CC(CC(C5)C3)C4)[nH]n(-c3ccccc3C)c2=O)c1. The number of aromatic nitrogens is 2. The maximum atomic E-state index is 13.7. The van der Waals surface area contributed by atoms with E-state index in [2.05, 4.69) is 10.4 Å². The summed E-state index contributed by atoms with van der Waals surface area (Å²) in [7, 11) is 0. The second-order valence-electron chi connectivity index (χ2n) is 11.5. The molecule has 8 nitrogen and oxygen atoms in total. The maximum absolute atomic E-state index is 13.7.